The van der Waals surface area contributed by atoms with Crippen LogP contribution in [0.25, 0.3) is 0 Å². The molecule has 0 rings (SSSR count). The maximum absolute atomic E-state index is 0. The second-order valence-corrected chi connectivity index (χ2v) is 0. The van der Waals surface area contributed by atoms with Gasteiger partial charge in [0.15, 0.2) is 17.4 Å². The summed E-state index contributed by atoms with van der Waals surface area (Å²) < 4.78 is 0. The summed E-state index contributed by atoms with van der Waals surface area (Å²) in [6.45, 7) is 0. The zero-order chi connectivity index (χ0) is 0. The summed E-state index contributed by atoms with van der Waals surface area (Å²) in [5.74, 6) is 0. The van der Waals surface area contributed by atoms with Crippen LogP contribution in [0.4, 0.5) is 0 Å². The van der Waals surface area contributed by atoms with Crippen LogP contribution < -0.4 is 0 Å². The summed E-state index contributed by atoms with van der Waals surface area (Å²) in [7, 11) is 0. The zero-order valence-electron chi connectivity index (χ0n) is 0.500. The summed E-state index contributed by atoms with van der Waals surface area (Å²) >= 11 is 0. The van der Waals surface area contributed by atoms with E-state index in [9.17, 15) is 0 Å². The van der Waals surface area contributed by atoms with Gasteiger partial charge in [-0.1, -0.05) is 0 Å². The molecule has 0 heterocycles. The summed E-state index contributed by atoms with van der Waals surface area (Å²) in [4.78, 5) is 0. The first-order chi connectivity index (χ1) is 0. The normalized spacial score (nSPS) is 0. The minimum Gasteiger partial charge on any atom is -0.0149 e. The third-order valence-electron chi connectivity index (χ3n) is 0. The minimum atomic E-state index is 0. The Bertz CT molecular complexity index is 11.6. The number of hydrogen-bond donors (Lipinski definition) is 0. The van der Waals surface area contributed by atoms with E-state index in [4.69, 9.17) is 0 Å². The SMILES string of the molecule is O.[AlH3].[CaH2].[MgH2].[SiH4]. The molecule has 0 saturated carbocycles. The Morgan fingerprint density at radius 1 is 1.00 bits per heavy atom. The van der Waals surface area contributed by atoms with Crippen molar-refractivity contribution in [3.8, 4) is 0 Å². The molecule has 0 unspecified atom stereocenters. The Morgan fingerprint density at radius 3 is 1.00 bits per heavy atom. The summed E-state index contributed by atoms with van der Waals surface area (Å²) in [5.41, 5.74) is 0. The molecule has 0 saturated heterocycles. The van der Waals surface area contributed by atoms with Crippen molar-refractivity contribution >= 4 is 89.1 Å². The van der Waals surface area contributed by atoms with Crippen LogP contribution in [0, 0.1) is 0 Å². The van der Waals surface area contributed by atoms with E-state index in [1.165, 1.54) is 0 Å². The van der Waals surface area contributed by atoms with Crippen LogP contribution in [-0.2, 0) is 0 Å². The van der Waals surface area contributed by atoms with Crippen LogP contribution in [0.5, 0.6) is 0 Å². The van der Waals surface area contributed by atoms with Crippen molar-refractivity contribution in [2.24, 2.45) is 0 Å². The Balaban J connectivity index is 0. The molecule has 0 aromatic rings. The topological polar surface area (TPSA) is 31.5 Å². The van der Waals surface area contributed by atoms with E-state index in [0.29, 0.717) is 0 Å². The summed E-state index contributed by atoms with van der Waals surface area (Å²) in [5, 5.41) is 0. The quantitative estimate of drug-likeness (QED) is 0.308. The van der Waals surface area contributed by atoms with Crippen LogP contribution in [0.2, 0.25) is 0 Å². The molecule has 0 aromatic heterocycles. The fourth-order valence-electron chi connectivity index (χ4n) is 0. The van der Waals surface area contributed by atoms with E-state index in [-0.39, 0.29) is 94.6 Å². The second kappa shape index (κ2) is 29.6. The van der Waals surface area contributed by atoms with Crippen LogP contribution >= 0.6 is 0 Å². The van der Waals surface area contributed by atoms with E-state index in [1.807, 2.05) is 0 Å². The molecule has 1 nitrogen and oxygen atoms in total. The molecule has 0 aliphatic heterocycles. The third-order valence-corrected chi connectivity index (χ3v) is 0. The maximum Gasteiger partial charge on any atom is 0.316 e. The van der Waals surface area contributed by atoms with Crippen molar-refractivity contribution in [3.63, 3.8) is 0 Å². The average molecular weight is 149 g/mol. The fraction of sp³-hybridized carbons (Fsp3) is 0. The second-order valence-electron chi connectivity index (χ2n) is 0. The Hall–Kier alpha value is 2.74. The van der Waals surface area contributed by atoms with Crippen molar-refractivity contribution in [3.05, 3.63) is 0 Å². The van der Waals surface area contributed by atoms with Gasteiger partial charge in [0.1, 0.15) is 0 Å². The van der Waals surface area contributed by atoms with Crippen molar-refractivity contribution in [1.82, 2.24) is 0 Å². The maximum atomic E-state index is 0. The molecule has 30 valence electrons. The van der Waals surface area contributed by atoms with E-state index in [1.54, 1.807) is 0 Å². The largest absolute Gasteiger partial charge is 0.316 e. The van der Waals surface area contributed by atoms with Gasteiger partial charge in [-0.15, -0.1) is 0 Å². The first kappa shape index (κ1) is 46.9. The first-order valence-electron chi connectivity index (χ1n) is 0. The average Bonchev–Trinajstić information content (AvgIpc) is 0. The number of rotatable bonds is 0. The summed E-state index contributed by atoms with van der Waals surface area (Å²) in [6.07, 6.45) is 0. The van der Waals surface area contributed by atoms with Crippen molar-refractivity contribution in [2.75, 3.05) is 0 Å². The molecule has 0 radical (unpaired) electrons. The zero-order valence-corrected chi connectivity index (χ0v) is 0.500. The molecule has 0 aliphatic rings. The van der Waals surface area contributed by atoms with Gasteiger partial charge >= 0.3 is 60.8 Å². The molecule has 0 atom stereocenters. The molecular weight excluding hydrogens is 135 g/mol. The Labute approximate surface area is 92.9 Å². The molecule has 0 aliphatic carbocycles. The van der Waals surface area contributed by atoms with Gasteiger partial charge in [0.2, 0.25) is 0 Å². The minimum absolute atomic E-state index is 0. The van der Waals surface area contributed by atoms with Gasteiger partial charge in [-0.25, -0.2) is 0 Å². The van der Waals surface area contributed by atoms with E-state index < -0.39 is 0 Å². The standard InChI is InChI=1S/Al.Ca.Mg.H2O.H4Si.7H/h;;;1H2;1H4;;;;;;;. The smallest absolute Gasteiger partial charge is 0.0149 e. The molecule has 0 fully saturated rings. The predicted octanol–water partition coefficient (Wildman–Crippen LogP) is -5.29. The van der Waals surface area contributed by atoms with Crippen LogP contribution in [0.15, 0.2) is 0 Å². The van der Waals surface area contributed by atoms with Crippen molar-refractivity contribution < 1.29 is 5.48 Å². The van der Waals surface area contributed by atoms with Crippen LogP contribution in [0.3, 0.4) is 0 Å². The molecule has 0 bridgehead atoms. The monoisotopic (exact) mass is 148 g/mol. The van der Waals surface area contributed by atoms with Gasteiger partial charge in [0.25, 0.3) is 0 Å². The van der Waals surface area contributed by atoms with Gasteiger partial charge in [0.05, 0.1) is 0 Å². The van der Waals surface area contributed by atoms with Crippen molar-refractivity contribution in [2.45, 2.75) is 0 Å². The van der Waals surface area contributed by atoms with E-state index in [0.717, 1.165) is 0 Å². The van der Waals surface area contributed by atoms with Crippen molar-refractivity contribution in [1.29, 1.82) is 0 Å². The molecule has 2 N–H and O–H groups in total. The van der Waals surface area contributed by atoms with Crippen LogP contribution in [0.1, 0.15) is 0 Å². The molecule has 0 amide bonds. The fourth-order valence-corrected chi connectivity index (χ4v) is 0. The Kier molecular flexibility index (Phi) is 278. The van der Waals surface area contributed by atoms with Gasteiger partial charge in [-0.05, 0) is 11.0 Å². The molecular formula is H13AlCaMgOSi. The molecule has 5 heavy (non-hydrogen) atoms. The predicted molar refractivity (Wildman–Crippen MR) is 42.0 cm³/mol. The number of hydrogen-bond acceptors (Lipinski definition) is 0. The Morgan fingerprint density at radius 2 is 1.00 bits per heavy atom. The van der Waals surface area contributed by atoms with Gasteiger partial charge < -0.3 is 5.48 Å². The van der Waals surface area contributed by atoms with E-state index in [2.05, 4.69) is 0 Å². The molecule has 5 heteroatoms. The first-order valence-corrected chi connectivity index (χ1v) is 0. The van der Waals surface area contributed by atoms with Crippen LogP contribution in [-0.4, -0.2) is 94.6 Å². The van der Waals surface area contributed by atoms with Gasteiger partial charge in [-0.2, -0.15) is 0 Å². The molecule has 0 aromatic carbocycles. The van der Waals surface area contributed by atoms with E-state index >= 15 is 0 Å². The van der Waals surface area contributed by atoms with Gasteiger partial charge in [0, 0.05) is 0 Å². The molecule has 0 spiro atoms. The van der Waals surface area contributed by atoms with Gasteiger partial charge in [-0.3, -0.25) is 0 Å². The third kappa shape index (κ3) is 20.2. The summed E-state index contributed by atoms with van der Waals surface area (Å²) in [6, 6.07) is 0.